The summed E-state index contributed by atoms with van der Waals surface area (Å²) in [7, 11) is -4.30. The number of carbonyl (C=O) groups is 2. The third-order valence-corrected chi connectivity index (χ3v) is 5.16. The molecule has 1 saturated heterocycles. The van der Waals surface area contributed by atoms with E-state index in [9.17, 15) is 14.2 Å². The quantitative estimate of drug-likeness (QED) is 0.285. The Kier molecular flexibility index (Phi) is 11.0. The molecular formula is C17H31O7P. The summed E-state index contributed by atoms with van der Waals surface area (Å²) in [6.45, 7) is 1.82. The van der Waals surface area contributed by atoms with E-state index in [-0.39, 0.29) is 19.2 Å². The molecule has 0 amide bonds. The first kappa shape index (κ1) is 22.1. The van der Waals surface area contributed by atoms with E-state index in [2.05, 4.69) is 11.4 Å². The Labute approximate surface area is 149 Å². The highest BCUT2D eigenvalue weighted by Gasteiger charge is 2.40. The van der Waals surface area contributed by atoms with Crippen molar-refractivity contribution in [2.45, 2.75) is 83.7 Å². The van der Waals surface area contributed by atoms with E-state index in [4.69, 9.17) is 14.4 Å². The first-order valence-corrected chi connectivity index (χ1v) is 10.9. The van der Waals surface area contributed by atoms with Gasteiger partial charge in [0.15, 0.2) is 6.10 Å². The number of esters is 1. The van der Waals surface area contributed by atoms with Crippen LogP contribution < -0.4 is 0 Å². The summed E-state index contributed by atoms with van der Waals surface area (Å²) in [5.74, 6) is -0.353. The molecule has 146 valence electrons. The molecule has 0 aliphatic carbocycles. The molecule has 1 fully saturated rings. The van der Waals surface area contributed by atoms with Gasteiger partial charge in [0.05, 0.1) is 6.61 Å². The van der Waals surface area contributed by atoms with Crippen LogP contribution in [0.25, 0.3) is 0 Å². The van der Waals surface area contributed by atoms with Crippen LogP contribution in [0.2, 0.25) is 0 Å². The molecule has 1 aliphatic heterocycles. The fraction of sp³-hybridized carbons (Fsp3) is 0.882. The lowest BCUT2D eigenvalue weighted by Crippen LogP contribution is -2.33. The zero-order valence-corrected chi connectivity index (χ0v) is 16.0. The molecule has 0 saturated carbocycles. The van der Waals surface area contributed by atoms with Gasteiger partial charge in [-0.3, -0.25) is 9.32 Å². The zero-order valence-electron chi connectivity index (χ0n) is 15.1. The summed E-state index contributed by atoms with van der Waals surface area (Å²) in [6, 6.07) is 0. The van der Waals surface area contributed by atoms with Gasteiger partial charge in [0.25, 0.3) is 0 Å². The summed E-state index contributed by atoms with van der Waals surface area (Å²) in [5.41, 5.74) is -1.30. The molecule has 8 heteroatoms. The van der Waals surface area contributed by atoms with Gasteiger partial charge < -0.3 is 14.4 Å². The molecule has 0 spiro atoms. The van der Waals surface area contributed by atoms with Gasteiger partial charge in [-0.2, -0.15) is 0 Å². The molecule has 1 N–H and O–H groups in total. The van der Waals surface area contributed by atoms with Crippen LogP contribution in [0.3, 0.4) is 0 Å². The second-order valence-corrected chi connectivity index (χ2v) is 8.10. The fourth-order valence-electron chi connectivity index (χ4n) is 2.58. The molecule has 0 aromatic carbocycles. The van der Waals surface area contributed by atoms with Crippen LogP contribution in [0, 0.1) is 0 Å². The second kappa shape index (κ2) is 12.4. The minimum atomic E-state index is -4.30. The van der Waals surface area contributed by atoms with Gasteiger partial charge in [0, 0.05) is 6.42 Å². The normalized spacial score (nSPS) is 23.3. The van der Waals surface area contributed by atoms with Crippen molar-refractivity contribution in [2.24, 2.45) is 0 Å². The van der Waals surface area contributed by atoms with E-state index in [1.165, 1.54) is 44.9 Å². The first-order chi connectivity index (χ1) is 12.0. The van der Waals surface area contributed by atoms with Gasteiger partial charge in [0.2, 0.25) is 0 Å². The molecule has 1 aliphatic rings. The topological polar surface area (TPSA) is 99.1 Å². The lowest BCUT2D eigenvalue weighted by Gasteiger charge is -2.24. The van der Waals surface area contributed by atoms with Crippen molar-refractivity contribution in [1.29, 1.82) is 0 Å². The summed E-state index contributed by atoms with van der Waals surface area (Å²) >= 11 is 0. The Morgan fingerprint density at radius 1 is 1.12 bits per heavy atom. The van der Waals surface area contributed by atoms with Crippen LogP contribution >= 0.6 is 7.60 Å². The predicted molar refractivity (Wildman–Crippen MR) is 93.5 cm³/mol. The number of unbranched alkanes of at least 4 members (excludes halogenated alkanes) is 9. The van der Waals surface area contributed by atoms with Gasteiger partial charge in [-0.1, -0.05) is 64.7 Å². The SMILES string of the molecule is CCCCCCCCCCCCC(=O)OCC1COP(=O)(O)C(=O)O1. The maximum Gasteiger partial charge on any atom is 0.436 e. The van der Waals surface area contributed by atoms with Crippen molar-refractivity contribution >= 4 is 19.3 Å². The molecule has 0 radical (unpaired) electrons. The van der Waals surface area contributed by atoms with Crippen molar-refractivity contribution in [3.8, 4) is 0 Å². The van der Waals surface area contributed by atoms with Gasteiger partial charge in [-0.25, -0.2) is 9.36 Å². The lowest BCUT2D eigenvalue weighted by atomic mass is 10.1. The Morgan fingerprint density at radius 2 is 1.68 bits per heavy atom. The predicted octanol–water partition coefficient (Wildman–Crippen LogP) is 4.56. The van der Waals surface area contributed by atoms with Gasteiger partial charge in [-0.15, -0.1) is 0 Å². The molecule has 1 rings (SSSR count). The monoisotopic (exact) mass is 378 g/mol. The first-order valence-electron chi connectivity index (χ1n) is 9.30. The molecule has 0 bridgehead atoms. The maximum atomic E-state index is 11.6. The third kappa shape index (κ3) is 9.97. The van der Waals surface area contributed by atoms with E-state index >= 15 is 0 Å². The van der Waals surface area contributed by atoms with Gasteiger partial charge in [0.1, 0.15) is 6.61 Å². The Balaban J connectivity index is 1.94. The molecule has 0 aromatic heterocycles. The number of carbonyl (C=O) groups excluding carboxylic acids is 2. The third-order valence-electron chi connectivity index (χ3n) is 4.10. The minimum absolute atomic E-state index is 0.150. The maximum absolute atomic E-state index is 11.6. The van der Waals surface area contributed by atoms with Crippen LogP contribution in [0.15, 0.2) is 0 Å². The van der Waals surface area contributed by atoms with Crippen molar-refractivity contribution in [3.63, 3.8) is 0 Å². The smallest absolute Gasteiger partial charge is 0.436 e. The Morgan fingerprint density at radius 3 is 2.24 bits per heavy atom. The summed E-state index contributed by atoms with van der Waals surface area (Å²) in [5, 5.41) is 0. The minimum Gasteiger partial charge on any atom is -0.462 e. The van der Waals surface area contributed by atoms with Crippen LogP contribution in [0.1, 0.15) is 77.6 Å². The molecule has 25 heavy (non-hydrogen) atoms. The number of hydrogen-bond acceptors (Lipinski definition) is 6. The summed E-state index contributed by atoms with van der Waals surface area (Å²) < 4.78 is 25.4. The highest BCUT2D eigenvalue weighted by Crippen LogP contribution is 2.47. The highest BCUT2D eigenvalue weighted by atomic mass is 31.2. The van der Waals surface area contributed by atoms with Crippen molar-refractivity contribution in [1.82, 2.24) is 0 Å². The Hall–Kier alpha value is -0.910. The molecule has 0 aromatic rings. The van der Waals surface area contributed by atoms with Crippen molar-refractivity contribution < 1.29 is 33.0 Å². The average Bonchev–Trinajstić information content (AvgIpc) is 2.58. The van der Waals surface area contributed by atoms with Crippen LogP contribution in [-0.2, 0) is 23.4 Å². The number of ether oxygens (including phenoxy) is 2. The highest BCUT2D eigenvalue weighted by molar-refractivity contribution is 7.70. The van der Waals surface area contributed by atoms with Crippen LogP contribution in [-0.4, -0.2) is 35.9 Å². The molecule has 1 heterocycles. The molecular weight excluding hydrogens is 347 g/mol. The Bertz CT molecular complexity index is 452. The van der Waals surface area contributed by atoms with Crippen molar-refractivity contribution in [2.75, 3.05) is 13.2 Å². The van der Waals surface area contributed by atoms with Crippen LogP contribution in [0.4, 0.5) is 4.79 Å². The number of hydrogen-bond donors (Lipinski definition) is 1. The van der Waals surface area contributed by atoms with Gasteiger partial charge >= 0.3 is 19.3 Å². The van der Waals surface area contributed by atoms with E-state index < -0.39 is 19.4 Å². The zero-order chi connectivity index (χ0) is 18.5. The number of rotatable bonds is 13. The van der Waals surface area contributed by atoms with E-state index in [1.54, 1.807) is 0 Å². The molecule has 2 unspecified atom stereocenters. The van der Waals surface area contributed by atoms with E-state index in [0.29, 0.717) is 6.42 Å². The van der Waals surface area contributed by atoms with E-state index in [0.717, 1.165) is 19.3 Å². The van der Waals surface area contributed by atoms with E-state index in [1.807, 2.05) is 0 Å². The van der Waals surface area contributed by atoms with Crippen molar-refractivity contribution in [3.05, 3.63) is 0 Å². The second-order valence-electron chi connectivity index (χ2n) is 6.44. The largest absolute Gasteiger partial charge is 0.462 e. The molecule has 7 nitrogen and oxygen atoms in total. The van der Waals surface area contributed by atoms with Crippen LogP contribution in [0.5, 0.6) is 0 Å². The molecule has 2 atom stereocenters. The average molecular weight is 378 g/mol. The lowest BCUT2D eigenvalue weighted by molar-refractivity contribution is -0.147. The standard InChI is InChI=1S/C17H31O7P/c1-2-3-4-5-6-7-8-9-10-11-12-16(18)22-13-15-14-23-25(20,21)17(19)24-15/h15H,2-14H2,1H3,(H,20,21). The summed E-state index contributed by atoms with van der Waals surface area (Å²) in [6.07, 6.45) is 11.4. The fourth-order valence-corrected chi connectivity index (χ4v) is 3.33. The number of cyclic esters (lactones) is 1. The summed E-state index contributed by atoms with van der Waals surface area (Å²) in [4.78, 5) is 31.8. The van der Waals surface area contributed by atoms with Gasteiger partial charge in [-0.05, 0) is 6.42 Å².